The van der Waals surface area contributed by atoms with Crippen LogP contribution in [0.2, 0.25) is 5.02 Å². The minimum absolute atomic E-state index is 0.622. The smallest absolute Gasteiger partial charge is 0.224 e. The molecule has 4 nitrogen and oxygen atoms in total. The van der Waals surface area contributed by atoms with Crippen LogP contribution < -0.4 is 10.6 Å². The monoisotopic (exact) mass is 352 g/mol. The number of hydrogen-bond donors (Lipinski definition) is 2. The molecule has 0 bridgehead atoms. The molecule has 0 aliphatic rings. The van der Waals surface area contributed by atoms with Gasteiger partial charge >= 0.3 is 0 Å². The van der Waals surface area contributed by atoms with Crippen LogP contribution in [0.3, 0.4) is 0 Å². The van der Waals surface area contributed by atoms with E-state index in [9.17, 15) is 0 Å². The lowest BCUT2D eigenvalue weighted by atomic mass is 10.1. The zero-order valence-corrected chi connectivity index (χ0v) is 14.9. The Morgan fingerprint density at radius 2 is 1.80 bits per heavy atom. The summed E-state index contributed by atoms with van der Waals surface area (Å²) < 4.78 is 0. The number of rotatable bonds is 7. The summed E-state index contributed by atoms with van der Waals surface area (Å²) in [5.41, 5.74) is 3.67. The van der Waals surface area contributed by atoms with Crippen molar-refractivity contribution in [2.24, 2.45) is 0 Å². The molecule has 0 saturated heterocycles. The summed E-state index contributed by atoms with van der Waals surface area (Å²) in [4.78, 5) is 8.77. The lowest BCUT2D eigenvalue weighted by Crippen LogP contribution is -2.09. The molecule has 0 radical (unpaired) electrons. The van der Waals surface area contributed by atoms with Gasteiger partial charge in [-0.2, -0.15) is 4.98 Å². The molecule has 5 heteroatoms. The number of aromatic nitrogens is 2. The third-order valence-electron chi connectivity index (χ3n) is 3.80. The number of anilines is 2. The number of aryl methyl sites for hydroxylation is 1. The molecule has 128 valence electrons. The standard InChI is InChI=1S/C20H21ClN4/c1-15-4-2-6-17(12-15)14-24-19-9-11-23-20(25-19)22-10-8-16-5-3-7-18(21)13-16/h2-7,9,11-13H,8,10,14H2,1H3,(H2,22,23,24,25). The number of halogens is 1. The van der Waals surface area contributed by atoms with Gasteiger partial charge in [0.1, 0.15) is 5.82 Å². The topological polar surface area (TPSA) is 49.8 Å². The molecule has 1 heterocycles. The highest BCUT2D eigenvalue weighted by atomic mass is 35.5. The molecule has 3 aromatic rings. The van der Waals surface area contributed by atoms with Crippen LogP contribution in [0.5, 0.6) is 0 Å². The molecule has 2 aromatic carbocycles. The van der Waals surface area contributed by atoms with E-state index in [2.05, 4.69) is 57.9 Å². The van der Waals surface area contributed by atoms with Crippen molar-refractivity contribution >= 4 is 23.4 Å². The minimum atomic E-state index is 0.622. The van der Waals surface area contributed by atoms with Gasteiger partial charge in [-0.05, 0) is 42.7 Å². The van der Waals surface area contributed by atoms with Crippen LogP contribution in [0, 0.1) is 6.92 Å². The average molecular weight is 353 g/mol. The SMILES string of the molecule is Cc1cccc(CNc2ccnc(NCCc3cccc(Cl)c3)n2)c1. The molecule has 3 rings (SSSR count). The van der Waals surface area contributed by atoms with Crippen LogP contribution in [-0.4, -0.2) is 16.5 Å². The summed E-state index contributed by atoms with van der Waals surface area (Å²) in [7, 11) is 0. The molecule has 0 aliphatic carbocycles. The third-order valence-corrected chi connectivity index (χ3v) is 4.03. The van der Waals surface area contributed by atoms with Gasteiger partial charge in [0.2, 0.25) is 5.95 Å². The third kappa shape index (κ3) is 5.47. The Labute approximate surface area is 153 Å². The van der Waals surface area contributed by atoms with Crippen molar-refractivity contribution in [1.29, 1.82) is 0 Å². The van der Waals surface area contributed by atoms with Gasteiger partial charge in [0.05, 0.1) is 0 Å². The van der Waals surface area contributed by atoms with Gasteiger partial charge in [0, 0.05) is 24.3 Å². The fourth-order valence-corrected chi connectivity index (χ4v) is 2.78. The van der Waals surface area contributed by atoms with Crippen LogP contribution >= 0.6 is 11.6 Å². The van der Waals surface area contributed by atoms with Crippen molar-refractivity contribution in [3.8, 4) is 0 Å². The lowest BCUT2D eigenvalue weighted by molar-refractivity contribution is 0.979. The number of nitrogens with one attached hydrogen (secondary N) is 2. The normalized spacial score (nSPS) is 10.5. The highest BCUT2D eigenvalue weighted by Crippen LogP contribution is 2.12. The quantitative estimate of drug-likeness (QED) is 0.646. The first-order valence-electron chi connectivity index (χ1n) is 8.30. The molecule has 0 atom stereocenters. The van der Waals surface area contributed by atoms with Crippen LogP contribution in [0.25, 0.3) is 0 Å². The summed E-state index contributed by atoms with van der Waals surface area (Å²) in [6, 6.07) is 18.2. The molecular weight excluding hydrogens is 332 g/mol. The van der Waals surface area contributed by atoms with Crippen molar-refractivity contribution in [3.63, 3.8) is 0 Å². The zero-order valence-electron chi connectivity index (χ0n) is 14.2. The Morgan fingerprint density at radius 1 is 0.960 bits per heavy atom. The number of nitrogens with zero attached hydrogens (tertiary/aromatic N) is 2. The van der Waals surface area contributed by atoms with Crippen molar-refractivity contribution in [2.75, 3.05) is 17.2 Å². The van der Waals surface area contributed by atoms with Crippen molar-refractivity contribution in [2.45, 2.75) is 19.9 Å². The van der Waals surface area contributed by atoms with Gasteiger partial charge in [0.25, 0.3) is 0 Å². The first-order valence-corrected chi connectivity index (χ1v) is 8.67. The highest BCUT2D eigenvalue weighted by molar-refractivity contribution is 6.30. The first kappa shape index (κ1) is 17.2. The van der Waals surface area contributed by atoms with E-state index in [1.54, 1.807) is 6.20 Å². The predicted octanol–water partition coefficient (Wildman–Crippen LogP) is 4.71. The second-order valence-electron chi connectivity index (χ2n) is 5.91. The Kier molecular flexibility index (Phi) is 5.86. The first-order chi connectivity index (χ1) is 12.2. The van der Waals surface area contributed by atoms with E-state index in [1.807, 2.05) is 24.3 Å². The molecule has 0 spiro atoms. The molecule has 2 N–H and O–H groups in total. The lowest BCUT2D eigenvalue weighted by Gasteiger charge is -2.09. The fourth-order valence-electron chi connectivity index (χ4n) is 2.57. The van der Waals surface area contributed by atoms with Gasteiger partial charge in [0.15, 0.2) is 0 Å². The van der Waals surface area contributed by atoms with E-state index in [0.29, 0.717) is 5.95 Å². The molecule has 0 saturated carbocycles. The maximum Gasteiger partial charge on any atom is 0.224 e. The zero-order chi connectivity index (χ0) is 17.5. The molecule has 0 aliphatic heterocycles. The Bertz CT molecular complexity index is 835. The van der Waals surface area contributed by atoms with Gasteiger partial charge < -0.3 is 10.6 Å². The molecule has 0 amide bonds. The highest BCUT2D eigenvalue weighted by Gasteiger charge is 2.01. The Balaban J connectivity index is 1.52. The van der Waals surface area contributed by atoms with Gasteiger partial charge in [-0.15, -0.1) is 0 Å². The number of benzene rings is 2. The maximum atomic E-state index is 6.00. The summed E-state index contributed by atoms with van der Waals surface area (Å²) >= 11 is 6.00. The van der Waals surface area contributed by atoms with E-state index < -0.39 is 0 Å². The molecular formula is C20H21ClN4. The largest absolute Gasteiger partial charge is 0.366 e. The van der Waals surface area contributed by atoms with Crippen molar-refractivity contribution in [3.05, 3.63) is 82.5 Å². The van der Waals surface area contributed by atoms with E-state index >= 15 is 0 Å². The second kappa shape index (κ2) is 8.49. The predicted molar refractivity (Wildman–Crippen MR) is 104 cm³/mol. The maximum absolute atomic E-state index is 6.00. The van der Waals surface area contributed by atoms with Crippen LogP contribution in [0.4, 0.5) is 11.8 Å². The minimum Gasteiger partial charge on any atom is -0.366 e. The van der Waals surface area contributed by atoms with E-state index in [4.69, 9.17) is 11.6 Å². The van der Waals surface area contributed by atoms with Crippen LogP contribution in [0.15, 0.2) is 60.8 Å². The Hall–Kier alpha value is -2.59. The van der Waals surface area contributed by atoms with Crippen LogP contribution in [0.1, 0.15) is 16.7 Å². The summed E-state index contributed by atoms with van der Waals surface area (Å²) in [5.74, 6) is 1.43. The fraction of sp³-hybridized carbons (Fsp3) is 0.200. The van der Waals surface area contributed by atoms with E-state index in [0.717, 1.165) is 30.4 Å². The molecule has 1 aromatic heterocycles. The summed E-state index contributed by atoms with van der Waals surface area (Å²) in [6.45, 7) is 3.58. The average Bonchev–Trinajstić information content (AvgIpc) is 2.61. The van der Waals surface area contributed by atoms with E-state index in [-0.39, 0.29) is 0 Å². The van der Waals surface area contributed by atoms with Crippen molar-refractivity contribution in [1.82, 2.24) is 9.97 Å². The van der Waals surface area contributed by atoms with E-state index in [1.165, 1.54) is 16.7 Å². The second-order valence-corrected chi connectivity index (χ2v) is 6.35. The summed E-state index contributed by atoms with van der Waals surface area (Å²) in [5, 5.41) is 7.35. The van der Waals surface area contributed by atoms with Gasteiger partial charge in [-0.3, -0.25) is 0 Å². The number of hydrogen-bond acceptors (Lipinski definition) is 4. The summed E-state index contributed by atoms with van der Waals surface area (Å²) in [6.07, 6.45) is 2.62. The van der Waals surface area contributed by atoms with Gasteiger partial charge in [-0.25, -0.2) is 4.98 Å². The molecule has 25 heavy (non-hydrogen) atoms. The molecule has 0 unspecified atom stereocenters. The molecule has 0 fully saturated rings. The van der Waals surface area contributed by atoms with Crippen molar-refractivity contribution < 1.29 is 0 Å². The van der Waals surface area contributed by atoms with Crippen LogP contribution in [-0.2, 0) is 13.0 Å². The van der Waals surface area contributed by atoms with Gasteiger partial charge in [-0.1, -0.05) is 53.6 Å². The Morgan fingerprint density at radius 3 is 2.64 bits per heavy atom.